The molecule has 90 valence electrons. The Morgan fingerprint density at radius 2 is 2.24 bits per heavy atom. The Morgan fingerprint density at radius 1 is 1.59 bits per heavy atom. The Labute approximate surface area is 101 Å². The van der Waals surface area contributed by atoms with Crippen molar-refractivity contribution in [3.8, 4) is 6.07 Å². The maximum absolute atomic E-state index is 11.3. The summed E-state index contributed by atoms with van der Waals surface area (Å²) in [6.45, 7) is 2.35. The van der Waals surface area contributed by atoms with E-state index in [0.29, 0.717) is 23.5 Å². The minimum absolute atomic E-state index is 0.127. The van der Waals surface area contributed by atoms with Gasteiger partial charge in [0.1, 0.15) is 0 Å². The fourth-order valence-corrected chi connectivity index (χ4v) is 1.63. The van der Waals surface area contributed by atoms with Gasteiger partial charge in [0.05, 0.1) is 17.6 Å². The van der Waals surface area contributed by atoms with E-state index < -0.39 is 5.91 Å². The molecule has 1 rings (SSSR count). The zero-order valence-electron chi connectivity index (χ0n) is 9.97. The molecule has 1 aromatic carbocycles. The molecule has 1 unspecified atom stereocenters. The quantitative estimate of drug-likeness (QED) is 0.756. The van der Waals surface area contributed by atoms with E-state index >= 15 is 0 Å². The second-order valence-electron chi connectivity index (χ2n) is 4.05. The van der Waals surface area contributed by atoms with Crippen LogP contribution >= 0.6 is 0 Å². The first-order valence-corrected chi connectivity index (χ1v) is 5.25. The van der Waals surface area contributed by atoms with Crippen LogP contribution in [0, 0.1) is 17.2 Å². The Hall–Kier alpha value is -2.22. The van der Waals surface area contributed by atoms with Crippen LogP contribution in [0.4, 0.5) is 11.4 Å². The molecular formula is C12H16N4O. The predicted octanol–water partition coefficient (Wildman–Crippen LogP) is 0.964. The second-order valence-corrected chi connectivity index (χ2v) is 4.05. The van der Waals surface area contributed by atoms with Crippen molar-refractivity contribution in [3.63, 3.8) is 0 Å². The summed E-state index contributed by atoms with van der Waals surface area (Å²) in [7, 11) is 1.81. The number of nitriles is 1. The zero-order chi connectivity index (χ0) is 13.0. The number of hydrogen-bond acceptors (Lipinski definition) is 4. The van der Waals surface area contributed by atoms with Gasteiger partial charge in [-0.3, -0.25) is 4.79 Å². The normalized spacial score (nSPS) is 11.6. The molecule has 4 N–H and O–H groups in total. The number of nitrogens with two attached hydrogens (primary N) is 2. The molecule has 0 bridgehead atoms. The van der Waals surface area contributed by atoms with Gasteiger partial charge in [0, 0.05) is 25.0 Å². The summed E-state index contributed by atoms with van der Waals surface area (Å²) in [5.74, 6) is -0.651. The number of rotatable bonds is 4. The highest BCUT2D eigenvalue weighted by Gasteiger charge is 2.14. The lowest BCUT2D eigenvalue weighted by atomic mass is 10.1. The van der Waals surface area contributed by atoms with Crippen LogP contribution in [-0.2, 0) is 0 Å². The van der Waals surface area contributed by atoms with Crippen molar-refractivity contribution < 1.29 is 4.79 Å². The number of amides is 1. The van der Waals surface area contributed by atoms with E-state index in [1.807, 2.05) is 18.9 Å². The third-order valence-electron chi connectivity index (χ3n) is 2.47. The smallest absolute Gasteiger partial charge is 0.250 e. The molecule has 17 heavy (non-hydrogen) atoms. The van der Waals surface area contributed by atoms with Crippen LogP contribution in [0.1, 0.15) is 17.3 Å². The van der Waals surface area contributed by atoms with Gasteiger partial charge in [-0.05, 0) is 25.1 Å². The summed E-state index contributed by atoms with van der Waals surface area (Å²) in [5.41, 5.74) is 12.5. The molecule has 1 atom stereocenters. The minimum atomic E-state index is -0.524. The molecule has 0 spiro atoms. The predicted molar refractivity (Wildman–Crippen MR) is 67.4 cm³/mol. The van der Waals surface area contributed by atoms with E-state index in [9.17, 15) is 4.79 Å². The van der Waals surface area contributed by atoms with Gasteiger partial charge in [0.2, 0.25) is 0 Å². The fraction of sp³-hybridized carbons (Fsp3) is 0.333. The summed E-state index contributed by atoms with van der Waals surface area (Å²) < 4.78 is 0. The Balaban J connectivity index is 3.05. The molecule has 0 aliphatic carbocycles. The molecule has 0 saturated carbocycles. The fourth-order valence-electron chi connectivity index (χ4n) is 1.63. The number of nitrogens with zero attached hydrogens (tertiary/aromatic N) is 2. The van der Waals surface area contributed by atoms with E-state index in [1.54, 1.807) is 18.2 Å². The molecule has 0 aromatic heterocycles. The molecule has 0 saturated heterocycles. The zero-order valence-corrected chi connectivity index (χ0v) is 9.97. The number of carbonyl (C=O) groups excluding carboxylic acids is 1. The Morgan fingerprint density at radius 3 is 2.76 bits per heavy atom. The van der Waals surface area contributed by atoms with Gasteiger partial charge in [-0.25, -0.2) is 0 Å². The minimum Gasteiger partial charge on any atom is -0.399 e. The summed E-state index contributed by atoms with van der Waals surface area (Å²) in [6, 6.07) is 7.13. The van der Waals surface area contributed by atoms with E-state index in [4.69, 9.17) is 16.7 Å². The van der Waals surface area contributed by atoms with E-state index in [2.05, 4.69) is 6.07 Å². The summed E-state index contributed by atoms with van der Waals surface area (Å²) in [4.78, 5) is 13.1. The number of nitrogen functional groups attached to an aromatic ring is 1. The number of primary amides is 1. The molecule has 0 heterocycles. The molecule has 1 amide bonds. The summed E-state index contributed by atoms with van der Waals surface area (Å²) in [6.07, 6.45) is 0. The van der Waals surface area contributed by atoms with E-state index in [0.717, 1.165) is 0 Å². The molecule has 5 heteroatoms. The van der Waals surface area contributed by atoms with Crippen LogP contribution in [0.25, 0.3) is 0 Å². The Bertz CT molecular complexity index is 464. The largest absolute Gasteiger partial charge is 0.399 e. The molecule has 0 fully saturated rings. The van der Waals surface area contributed by atoms with Gasteiger partial charge < -0.3 is 16.4 Å². The first kappa shape index (κ1) is 12.8. The Kier molecular flexibility index (Phi) is 3.94. The van der Waals surface area contributed by atoms with Crippen molar-refractivity contribution in [1.29, 1.82) is 5.26 Å². The van der Waals surface area contributed by atoms with Crippen LogP contribution in [0.15, 0.2) is 18.2 Å². The van der Waals surface area contributed by atoms with Crippen LogP contribution in [-0.4, -0.2) is 19.5 Å². The standard InChI is InChI=1S/C12H16N4O/c1-8(6-13)7-16(2)11-4-3-9(14)5-10(11)12(15)17/h3-5,8H,7,14H2,1-2H3,(H2,15,17). The molecule has 0 aliphatic heterocycles. The van der Waals surface area contributed by atoms with Gasteiger partial charge in [-0.2, -0.15) is 5.26 Å². The summed E-state index contributed by atoms with van der Waals surface area (Å²) in [5, 5.41) is 8.76. The first-order valence-electron chi connectivity index (χ1n) is 5.25. The molecule has 0 aliphatic rings. The van der Waals surface area contributed by atoms with Gasteiger partial charge in [0.15, 0.2) is 0 Å². The van der Waals surface area contributed by atoms with Gasteiger partial charge in [-0.15, -0.1) is 0 Å². The molecule has 1 aromatic rings. The van der Waals surface area contributed by atoms with Crippen molar-refractivity contribution >= 4 is 17.3 Å². The van der Waals surface area contributed by atoms with Gasteiger partial charge >= 0.3 is 0 Å². The average molecular weight is 232 g/mol. The van der Waals surface area contributed by atoms with Gasteiger partial charge in [0.25, 0.3) is 5.91 Å². The van der Waals surface area contributed by atoms with Crippen molar-refractivity contribution in [2.75, 3.05) is 24.2 Å². The highest BCUT2D eigenvalue weighted by atomic mass is 16.1. The second kappa shape index (κ2) is 5.21. The van der Waals surface area contributed by atoms with Crippen molar-refractivity contribution in [1.82, 2.24) is 0 Å². The van der Waals surface area contributed by atoms with E-state index in [1.165, 1.54) is 0 Å². The lowest BCUT2D eigenvalue weighted by Gasteiger charge is -2.22. The summed E-state index contributed by atoms with van der Waals surface area (Å²) >= 11 is 0. The number of carbonyl (C=O) groups is 1. The first-order chi connectivity index (χ1) is 7.95. The highest BCUT2D eigenvalue weighted by molar-refractivity contribution is 5.99. The van der Waals surface area contributed by atoms with Crippen LogP contribution < -0.4 is 16.4 Å². The van der Waals surface area contributed by atoms with E-state index in [-0.39, 0.29) is 5.92 Å². The SMILES string of the molecule is CC(C#N)CN(C)c1ccc(N)cc1C(N)=O. The van der Waals surface area contributed by atoms with Crippen LogP contribution in [0.2, 0.25) is 0 Å². The number of benzene rings is 1. The maximum Gasteiger partial charge on any atom is 0.250 e. The van der Waals surface area contributed by atoms with Crippen molar-refractivity contribution in [2.45, 2.75) is 6.92 Å². The highest BCUT2D eigenvalue weighted by Crippen LogP contribution is 2.22. The van der Waals surface area contributed by atoms with Crippen molar-refractivity contribution in [3.05, 3.63) is 23.8 Å². The average Bonchev–Trinajstić information content (AvgIpc) is 2.28. The van der Waals surface area contributed by atoms with Crippen molar-refractivity contribution in [2.24, 2.45) is 11.7 Å². The number of anilines is 2. The third-order valence-corrected chi connectivity index (χ3v) is 2.47. The van der Waals surface area contributed by atoms with Gasteiger partial charge in [-0.1, -0.05) is 0 Å². The molecule has 0 radical (unpaired) electrons. The lowest BCUT2D eigenvalue weighted by molar-refractivity contribution is 0.100. The number of hydrogen-bond donors (Lipinski definition) is 2. The third kappa shape index (κ3) is 3.11. The molecule has 5 nitrogen and oxygen atoms in total. The lowest BCUT2D eigenvalue weighted by Crippen LogP contribution is -2.26. The monoisotopic (exact) mass is 232 g/mol. The van der Waals surface area contributed by atoms with Crippen LogP contribution in [0.5, 0.6) is 0 Å². The topological polar surface area (TPSA) is 96.1 Å². The maximum atomic E-state index is 11.3. The molecular weight excluding hydrogens is 216 g/mol. The van der Waals surface area contributed by atoms with Crippen LogP contribution in [0.3, 0.4) is 0 Å².